The number of nitrogens with two attached hydrogens (primary N) is 1. The lowest BCUT2D eigenvalue weighted by atomic mass is 10.2. The molecule has 5 nitrogen and oxygen atoms in total. The molecule has 2 heterocycles. The van der Waals surface area contributed by atoms with Gasteiger partial charge in [-0.15, -0.1) is 0 Å². The highest BCUT2D eigenvalue weighted by atomic mass is 35.5. The maximum absolute atomic E-state index is 11.4. The van der Waals surface area contributed by atoms with Crippen molar-refractivity contribution in [2.24, 2.45) is 5.73 Å². The third kappa shape index (κ3) is 2.33. The Balaban J connectivity index is 2.34. The minimum atomic E-state index is -0.694. The van der Waals surface area contributed by atoms with Crippen LogP contribution in [0, 0.1) is 0 Å². The summed E-state index contributed by atoms with van der Waals surface area (Å²) in [6, 6.07) is 5.09. The smallest absolute Gasteiger partial charge is 0.269 e. The molecule has 0 saturated carbocycles. The SMILES string of the molecule is NC(=O)c1ncc(Cl)c2[nH]c(-c3c(Cl)cccc3Cl)nc12. The first-order valence-electron chi connectivity index (χ1n) is 5.77. The number of imidazole rings is 1. The predicted octanol–water partition coefficient (Wildman–Crippen LogP) is 3.68. The van der Waals surface area contributed by atoms with E-state index < -0.39 is 5.91 Å². The second-order valence-corrected chi connectivity index (χ2v) is 5.45. The number of carbonyl (C=O) groups is 1. The zero-order valence-electron chi connectivity index (χ0n) is 10.3. The van der Waals surface area contributed by atoms with Crippen molar-refractivity contribution >= 4 is 51.7 Å². The highest BCUT2D eigenvalue weighted by Crippen LogP contribution is 2.35. The van der Waals surface area contributed by atoms with Gasteiger partial charge >= 0.3 is 0 Å². The summed E-state index contributed by atoms with van der Waals surface area (Å²) in [6.07, 6.45) is 1.33. The van der Waals surface area contributed by atoms with E-state index in [0.29, 0.717) is 32.0 Å². The number of carbonyl (C=O) groups excluding carboxylic acids is 1. The minimum absolute atomic E-state index is 0.0278. The van der Waals surface area contributed by atoms with E-state index in [1.54, 1.807) is 18.2 Å². The molecule has 8 heteroatoms. The molecule has 3 N–H and O–H groups in total. The summed E-state index contributed by atoms with van der Waals surface area (Å²) in [5, 5.41) is 1.16. The lowest BCUT2D eigenvalue weighted by molar-refractivity contribution is 0.0997. The Morgan fingerprint density at radius 3 is 2.43 bits per heavy atom. The molecule has 3 aromatic rings. The van der Waals surface area contributed by atoms with E-state index >= 15 is 0 Å². The standard InChI is InChI=1S/C13H7Cl3N4O/c14-5-2-1-3-6(15)8(5)13-19-9-7(16)4-18-11(12(17)21)10(9)20-13/h1-4H,(H2,17,21)(H,19,20). The molecule has 1 aromatic carbocycles. The highest BCUT2D eigenvalue weighted by Gasteiger charge is 2.18. The number of rotatable bonds is 2. The number of H-pyrrole nitrogens is 1. The van der Waals surface area contributed by atoms with E-state index in [-0.39, 0.29) is 11.2 Å². The maximum Gasteiger partial charge on any atom is 0.269 e. The first kappa shape index (κ1) is 14.1. The number of aromatic nitrogens is 3. The molecule has 0 fully saturated rings. The fourth-order valence-electron chi connectivity index (χ4n) is 1.99. The van der Waals surface area contributed by atoms with Crippen LogP contribution in [-0.4, -0.2) is 20.9 Å². The number of hydrogen-bond acceptors (Lipinski definition) is 3. The van der Waals surface area contributed by atoms with Crippen molar-refractivity contribution in [2.75, 3.05) is 0 Å². The molecule has 106 valence electrons. The largest absolute Gasteiger partial charge is 0.364 e. The molecular formula is C13H7Cl3N4O. The number of hydrogen-bond donors (Lipinski definition) is 2. The fourth-order valence-corrected chi connectivity index (χ4v) is 2.75. The summed E-state index contributed by atoms with van der Waals surface area (Å²) in [4.78, 5) is 22.6. The van der Waals surface area contributed by atoms with Crippen LogP contribution in [0.5, 0.6) is 0 Å². The Kier molecular flexibility index (Phi) is 3.49. The number of amides is 1. The average Bonchev–Trinajstić information content (AvgIpc) is 2.84. The Labute approximate surface area is 134 Å². The lowest BCUT2D eigenvalue weighted by Crippen LogP contribution is -2.13. The van der Waals surface area contributed by atoms with Crippen molar-refractivity contribution in [1.29, 1.82) is 0 Å². The van der Waals surface area contributed by atoms with Gasteiger partial charge in [-0.1, -0.05) is 40.9 Å². The zero-order chi connectivity index (χ0) is 15.1. The average molecular weight is 342 g/mol. The lowest BCUT2D eigenvalue weighted by Gasteiger charge is -2.02. The summed E-state index contributed by atoms with van der Waals surface area (Å²) < 4.78 is 0. The molecule has 0 saturated heterocycles. The Morgan fingerprint density at radius 2 is 1.81 bits per heavy atom. The molecule has 0 atom stereocenters. The third-order valence-electron chi connectivity index (χ3n) is 2.91. The molecule has 0 aliphatic carbocycles. The van der Waals surface area contributed by atoms with E-state index in [4.69, 9.17) is 40.5 Å². The van der Waals surface area contributed by atoms with Crippen molar-refractivity contribution in [1.82, 2.24) is 15.0 Å². The summed E-state index contributed by atoms with van der Waals surface area (Å²) in [7, 11) is 0. The summed E-state index contributed by atoms with van der Waals surface area (Å²) in [6.45, 7) is 0. The molecule has 0 spiro atoms. The summed E-state index contributed by atoms with van der Waals surface area (Å²) >= 11 is 18.4. The number of primary amides is 1. The molecule has 2 aromatic heterocycles. The van der Waals surface area contributed by atoms with Crippen LogP contribution in [0.25, 0.3) is 22.4 Å². The Morgan fingerprint density at radius 1 is 1.14 bits per heavy atom. The number of aromatic amines is 1. The van der Waals surface area contributed by atoms with Gasteiger partial charge < -0.3 is 10.7 Å². The summed E-state index contributed by atoms with van der Waals surface area (Å²) in [5.41, 5.74) is 6.56. The zero-order valence-corrected chi connectivity index (χ0v) is 12.6. The number of nitrogens with zero attached hydrogens (tertiary/aromatic N) is 2. The van der Waals surface area contributed by atoms with Crippen molar-refractivity contribution in [3.05, 3.63) is 45.2 Å². The van der Waals surface area contributed by atoms with Gasteiger partial charge in [0.05, 0.1) is 26.1 Å². The number of benzene rings is 1. The van der Waals surface area contributed by atoms with E-state index in [1.807, 2.05) is 0 Å². The third-order valence-corrected chi connectivity index (χ3v) is 3.82. The van der Waals surface area contributed by atoms with Crippen molar-refractivity contribution in [3.8, 4) is 11.4 Å². The van der Waals surface area contributed by atoms with Crippen LogP contribution in [0.2, 0.25) is 15.1 Å². The van der Waals surface area contributed by atoms with Gasteiger partial charge in [-0.3, -0.25) is 4.79 Å². The van der Waals surface area contributed by atoms with Crippen LogP contribution in [-0.2, 0) is 0 Å². The van der Waals surface area contributed by atoms with Crippen molar-refractivity contribution in [3.63, 3.8) is 0 Å². The summed E-state index contributed by atoms with van der Waals surface area (Å²) in [5.74, 6) is -0.307. The van der Waals surface area contributed by atoms with Crippen LogP contribution in [0.1, 0.15) is 10.5 Å². The van der Waals surface area contributed by atoms with Crippen LogP contribution in [0.3, 0.4) is 0 Å². The highest BCUT2D eigenvalue weighted by molar-refractivity contribution is 6.39. The second kappa shape index (κ2) is 5.18. The fraction of sp³-hybridized carbons (Fsp3) is 0. The maximum atomic E-state index is 11.4. The predicted molar refractivity (Wildman–Crippen MR) is 82.9 cm³/mol. The quantitative estimate of drug-likeness (QED) is 0.745. The molecule has 0 radical (unpaired) electrons. The number of halogens is 3. The van der Waals surface area contributed by atoms with Crippen LogP contribution < -0.4 is 5.73 Å². The van der Waals surface area contributed by atoms with Gasteiger partial charge in [0.15, 0.2) is 5.69 Å². The molecule has 0 aliphatic heterocycles. The number of nitrogens with one attached hydrogen (secondary N) is 1. The van der Waals surface area contributed by atoms with Gasteiger partial charge in [-0.2, -0.15) is 0 Å². The first-order chi connectivity index (χ1) is 9.99. The van der Waals surface area contributed by atoms with Gasteiger partial charge in [0.2, 0.25) is 0 Å². The van der Waals surface area contributed by atoms with E-state index in [9.17, 15) is 4.79 Å². The minimum Gasteiger partial charge on any atom is -0.364 e. The van der Waals surface area contributed by atoms with Gasteiger partial charge in [0, 0.05) is 6.20 Å². The van der Waals surface area contributed by atoms with Gasteiger partial charge in [0.25, 0.3) is 5.91 Å². The second-order valence-electron chi connectivity index (χ2n) is 4.22. The van der Waals surface area contributed by atoms with Gasteiger partial charge in [0.1, 0.15) is 11.3 Å². The topological polar surface area (TPSA) is 84.7 Å². The molecule has 0 unspecified atom stereocenters. The number of fused-ring (bicyclic) bond motifs is 1. The van der Waals surface area contributed by atoms with Crippen LogP contribution in [0.15, 0.2) is 24.4 Å². The van der Waals surface area contributed by atoms with Gasteiger partial charge in [-0.05, 0) is 12.1 Å². The van der Waals surface area contributed by atoms with E-state index in [2.05, 4.69) is 15.0 Å². The van der Waals surface area contributed by atoms with E-state index in [0.717, 1.165) is 0 Å². The Hall–Kier alpha value is -1.82. The van der Waals surface area contributed by atoms with E-state index in [1.165, 1.54) is 6.20 Å². The van der Waals surface area contributed by atoms with Crippen molar-refractivity contribution in [2.45, 2.75) is 0 Å². The molecule has 3 rings (SSSR count). The molecular weight excluding hydrogens is 335 g/mol. The Bertz CT molecular complexity index is 855. The van der Waals surface area contributed by atoms with Gasteiger partial charge in [-0.25, -0.2) is 9.97 Å². The molecule has 1 amide bonds. The molecule has 0 aliphatic rings. The number of pyridine rings is 1. The first-order valence-corrected chi connectivity index (χ1v) is 6.91. The monoisotopic (exact) mass is 340 g/mol. The van der Waals surface area contributed by atoms with Crippen LogP contribution in [0.4, 0.5) is 0 Å². The molecule has 21 heavy (non-hydrogen) atoms. The van der Waals surface area contributed by atoms with Crippen LogP contribution >= 0.6 is 34.8 Å². The normalized spacial score (nSPS) is 11.0. The van der Waals surface area contributed by atoms with Crippen molar-refractivity contribution < 1.29 is 4.79 Å². The molecule has 0 bridgehead atoms.